The smallest absolute Gasteiger partial charge is 0.225 e. The Balaban J connectivity index is 1.66. The summed E-state index contributed by atoms with van der Waals surface area (Å²) in [6.45, 7) is 1.82. The molecule has 0 bridgehead atoms. The molecule has 0 saturated carbocycles. The lowest BCUT2D eigenvalue weighted by Gasteiger charge is -2.14. The van der Waals surface area contributed by atoms with E-state index in [-0.39, 0.29) is 23.5 Å². The second kappa shape index (κ2) is 7.49. The van der Waals surface area contributed by atoms with E-state index in [0.717, 1.165) is 17.0 Å². The van der Waals surface area contributed by atoms with E-state index < -0.39 is 9.84 Å². The summed E-state index contributed by atoms with van der Waals surface area (Å²) in [6, 6.07) is 9.15. The minimum Gasteiger partial charge on any atom is -0.496 e. The zero-order chi connectivity index (χ0) is 18.7. The van der Waals surface area contributed by atoms with Gasteiger partial charge in [-0.25, -0.2) is 13.1 Å². The van der Waals surface area contributed by atoms with Gasteiger partial charge in [0.25, 0.3) is 0 Å². The predicted octanol–water partition coefficient (Wildman–Crippen LogP) is 2.13. The fourth-order valence-electron chi connectivity index (χ4n) is 3.22. The van der Waals surface area contributed by atoms with Gasteiger partial charge < -0.3 is 10.1 Å². The van der Waals surface area contributed by atoms with Crippen LogP contribution in [0, 0.1) is 6.92 Å². The van der Waals surface area contributed by atoms with Gasteiger partial charge in [-0.15, -0.1) is 0 Å². The Labute approximate surface area is 153 Å². The number of carbonyl (C=O) groups is 1. The molecule has 7 nitrogen and oxygen atoms in total. The van der Waals surface area contributed by atoms with Gasteiger partial charge in [0.2, 0.25) is 5.91 Å². The molecule has 1 aromatic carbocycles. The summed E-state index contributed by atoms with van der Waals surface area (Å²) < 4.78 is 30.4. The lowest BCUT2D eigenvalue weighted by molar-refractivity contribution is -0.116. The van der Waals surface area contributed by atoms with Crippen LogP contribution in [0.15, 0.2) is 30.3 Å². The number of methoxy groups -OCH3 is 1. The molecule has 8 heteroatoms. The van der Waals surface area contributed by atoms with Crippen molar-refractivity contribution >= 4 is 21.6 Å². The van der Waals surface area contributed by atoms with E-state index in [4.69, 9.17) is 4.74 Å². The van der Waals surface area contributed by atoms with Gasteiger partial charge in [0.15, 0.2) is 9.84 Å². The van der Waals surface area contributed by atoms with Crippen molar-refractivity contribution in [3.63, 3.8) is 0 Å². The second-order valence-corrected chi connectivity index (χ2v) is 8.76. The van der Waals surface area contributed by atoms with Crippen LogP contribution < -0.4 is 10.1 Å². The third-order valence-electron chi connectivity index (χ3n) is 4.49. The number of rotatable bonds is 6. The van der Waals surface area contributed by atoms with Gasteiger partial charge in [0, 0.05) is 12.5 Å². The van der Waals surface area contributed by atoms with E-state index in [9.17, 15) is 13.2 Å². The number of sulfone groups is 1. The number of nitrogens with zero attached hydrogens (tertiary/aromatic N) is 2. The van der Waals surface area contributed by atoms with Crippen LogP contribution >= 0.6 is 0 Å². The zero-order valence-electron chi connectivity index (χ0n) is 14.9. The van der Waals surface area contributed by atoms with E-state index in [2.05, 4.69) is 10.4 Å². The Morgan fingerprint density at radius 2 is 2.15 bits per heavy atom. The van der Waals surface area contributed by atoms with Crippen molar-refractivity contribution < 1.29 is 17.9 Å². The Morgan fingerprint density at radius 1 is 1.38 bits per heavy atom. The molecule has 0 spiro atoms. The van der Waals surface area contributed by atoms with Crippen LogP contribution in [0.3, 0.4) is 0 Å². The average Bonchev–Trinajstić information content (AvgIpc) is 3.14. The van der Waals surface area contributed by atoms with Gasteiger partial charge >= 0.3 is 0 Å². The highest BCUT2D eigenvalue weighted by atomic mass is 32.2. The number of hydrogen-bond donors (Lipinski definition) is 1. The molecule has 0 aliphatic carbocycles. The lowest BCUT2D eigenvalue weighted by Crippen LogP contribution is -2.19. The van der Waals surface area contributed by atoms with Crippen LogP contribution in [0.4, 0.5) is 5.82 Å². The Kier molecular flexibility index (Phi) is 5.31. The Bertz CT molecular complexity index is 905. The number of anilines is 1. The number of nitrogens with one attached hydrogen (secondary N) is 1. The fourth-order valence-corrected chi connectivity index (χ4v) is 4.91. The molecule has 1 saturated heterocycles. The highest BCUT2D eigenvalue weighted by molar-refractivity contribution is 7.91. The first kappa shape index (κ1) is 18.4. The van der Waals surface area contributed by atoms with E-state index in [1.807, 2.05) is 31.2 Å². The van der Waals surface area contributed by atoms with Gasteiger partial charge in [-0.2, -0.15) is 5.10 Å². The quantitative estimate of drug-likeness (QED) is 0.833. The van der Waals surface area contributed by atoms with Crippen molar-refractivity contribution in [2.45, 2.75) is 32.2 Å². The minimum absolute atomic E-state index is 0.0677. The average molecular weight is 377 g/mol. The fraction of sp³-hybridized carbons (Fsp3) is 0.444. The van der Waals surface area contributed by atoms with Gasteiger partial charge in [-0.1, -0.05) is 18.2 Å². The van der Waals surface area contributed by atoms with Crippen LogP contribution in [0.2, 0.25) is 0 Å². The summed E-state index contributed by atoms with van der Waals surface area (Å²) in [5, 5.41) is 7.24. The summed E-state index contributed by atoms with van der Waals surface area (Å²) in [5.41, 5.74) is 1.71. The summed E-state index contributed by atoms with van der Waals surface area (Å²) in [4.78, 5) is 12.4. The Morgan fingerprint density at radius 3 is 2.85 bits per heavy atom. The van der Waals surface area contributed by atoms with Crippen molar-refractivity contribution in [2.24, 2.45) is 0 Å². The highest BCUT2D eigenvalue weighted by Gasteiger charge is 2.31. The third kappa shape index (κ3) is 4.24. The number of hydrogen-bond acceptors (Lipinski definition) is 5. The number of carbonyl (C=O) groups excluding carboxylic acids is 1. The van der Waals surface area contributed by atoms with Gasteiger partial charge in [0.1, 0.15) is 11.6 Å². The predicted molar refractivity (Wildman–Crippen MR) is 99.2 cm³/mol. The molecule has 1 aliphatic heterocycles. The van der Waals surface area contributed by atoms with Crippen LogP contribution in [-0.4, -0.2) is 42.7 Å². The number of para-hydroxylation sites is 1. The molecule has 1 aliphatic rings. The second-order valence-electron chi connectivity index (χ2n) is 6.53. The molecule has 1 N–H and O–H groups in total. The molecule has 2 aromatic rings. The molecule has 3 rings (SSSR count). The molecule has 1 aromatic heterocycles. The summed E-state index contributed by atoms with van der Waals surface area (Å²) >= 11 is 0. The van der Waals surface area contributed by atoms with E-state index in [1.165, 1.54) is 0 Å². The molecule has 0 unspecified atom stereocenters. The third-order valence-corrected chi connectivity index (χ3v) is 6.24. The molecule has 0 radical (unpaired) electrons. The molecular weight excluding hydrogens is 354 g/mol. The maximum Gasteiger partial charge on any atom is 0.225 e. The molecule has 26 heavy (non-hydrogen) atoms. The normalized spacial score (nSPS) is 18.6. The molecule has 2 heterocycles. The first-order valence-electron chi connectivity index (χ1n) is 8.56. The molecule has 1 atom stereocenters. The molecule has 1 fully saturated rings. The maximum absolute atomic E-state index is 12.4. The van der Waals surface area contributed by atoms with Crippen molar-refractivity contribution in [1.82, 2.24) is 9.78 Å². The summed E-state index contributed by atoms with van der Waals surface area (Å²) in [5.74, 6) is 1.40. The van der Waals surface area contributed by atoms with Crippen LogP contribution in [0.5, 0.6) is 5.75 Å². The number of aryl methyl sites for hydroxylation is 2. The number of aromatic nitrogens is 2. The summed E-state index contributed by atoms with van der Waals surface area (Å²) in [7, 11) is -1.41. The van der Waals surface area contributed by atoms with Gasteiger partial charge in [-0.3, -0.25) is 4.79 Å². The number of amides is 1. The van der Waals surface area contributed by atoms with Crippen LogP contribution in [-0.2, 0) is 21.1 Å². The largest absolute Gasteiger partial charge is 0.496 e. The summed E-state index contributed by atoms with van der Waals surface area (Å²) in [6.07, 6.45) is 1.38. The molecular formula is C18H23N3O4S. The minimum atomic E-state index is -3.02. The van der Waals surface area contributed by atoms with E-state index in [1.54, 1.807) is 17.9 Å². The van der Waals surface area contributed by atoms with Crippen molar-refractivity contribution in [2.75, 3.05) is 23.9 Å². The molecule has 140 valence electrons. The maximum atomic E-state index is 12.4. The van der Waals surface area contributed by atoms with Crippen molar-refractivity contribution in [1.29, 1.82) is 0 Å². The highest BCUT2D eigenvalue weighted by Crippen LogP contribution is 2.27. The number of ether oxygens (including phenoxy) is 1. The van der Waals surface area contributed by atoms with Crippen molar-refractivity contribution in [3.8, 4) is 5.75 Å². The Hall–Kier alpha value is -2.35. The first-order valence-corrected chi connectivity index (χ1v) is 10.4. The van der Waals surface area contributed by atoms with E-state index >= 15 is 0 Å². The topological polar surface area (TPSA) is 90.3 Å². The standard InChI is InChI=1S/C18H23N3O4S/c1-13-11-17(21(20-13)15-9-10-26(23,24)12-15)19-18(22)8-7-14-5-3-4-6-16(14)25-2/h3-6,11,15H,7-10,12H2,1-2H3,(H,19,22)/t15-/m0/s1. The first-order chi connectivity index (χ1) is 12.4. The van der Waals surface area contributed by atoms with E-state index in [0.29, 0.717) is 25.1 Å². The zero-order valence-corrected chi connectivity index (χ0v) is 15.8. The molecule has 1 amide bonds. The lowest BCUT2D eigenvalue weighted by atomic mass is 10.1. The van der Waals surface area contributed by atoms with Gasteiger partial charge in [-0.05, 0) is 31.4 Å². The monoisotopic (exact) mass is 377 g/mol. The van der Waals surface area contributed by atoms with Gasteiger partial charge in [0.05, 0.1) is 30.4 Å². The number of benzene rings is 1. The SMILES string of the molecule is COc1ccccc1CCC(=O)Nc1cc(C)nn1[C@H]1CCS(=O)(=O)C1. The van der Waals surface area contributed by atoms with Crippen molar-refractivity contribution in [3.05, 3.63) is 41.6 Å². The van der Waals surface area contributed by atoms with Crippen LogP contribution in [0.25, 0.3) is 0 Å². The van der Waals surface area contributed by atoms with Crippen LogP contribution in [0.1, 0.15) is 30.1 Å².